The Balaban J connectivity index is 2.69. The second-order valence-corrected chi connectivity index (χ2v) is 5.45. The molecule has 21 heavy (non-hydrogen) atoms. The van der Waals surface area contributed by atoms with Crippen molar-refractivity contribution in [2.75, 3.05) is 6.61 Å². The van der Waals surface area contributed by atoms with E-state index in [0.717, 1.165) is 36.8 Å². The Morgan fingerprint density at radius 2 is 1.95 bits per heavy atom. The lowest BCUT2D eigenvalue weighted by Gasteiger charge is -2.15. The first-order valence-corrected chi connectivity index (χ1v) is 7.71. The molecule has 0 fully saturated rings. The van der Waals surface area contributed by atoms with E-state index in [9.17, 15) is 9.90 Å². The van der Waals surface area contributed by atoms with Crippen molar-refractivity contribution in [3.63, 3.8) is 0 Å². The summed E-state index contributed by atoms with van der Waals surface area (Å²) in [7, 11) is 0. The maximum Gasteiger partial charge on any atom is 0.371 e. The number of carboxylic acid groups (broad SMARTS) is 1. The van der Waals surface area contributed by atoms with E-state index in [0.29, 0.717) is 12.5 Å². The monoisotopic (exact) mass is 290 g/mol. The van der Waals surface area contributed by atoms with Gasteiger partial charge in [0.05, 0.1) is 6.61 Å². The number of carboxylic acids is 1. The normalized spacial score (nSPS) is 13.0. The first kappa shape index (κ1) is 17.3. The molecule has 116 valence electrons. The van der Waals surface area contributed by atoms with Gasteiger partial charge < -0.3 is 9.84 Å². The number of hydrogen-bond acceptors (Lipinski definition) is 2. The van der Waals surface area contributed by atoms with Gasteiger partial charge in [-0.25, -0.2) is 4.79 Å². The maximum absolute atomic E-state index is 11.3. The van der Waals surface area contributed by atoms with Crippen molar-refractivity contribution in [2.45, 2.75) is 46.5 Å². The van der Waals surface area contributed by atoms with Gasteiger partial charge in [-0.15, -0.1) is 0 Å². The van der Waals surface area contributed by atoms with Gasteiger partial charge in [0.25, 0.3) is 0 Å². The van der Waals surface area contributed by atoms with Crippen LogP contribution in [-0.2, 0) is 9.53 Å². The molecule has 1 atom stereocenters. The van der Waals surface area contributed by atoms with Crippen LogP contribution in [0.4, 0.5) is 0 Å². The van der Waals surface area contributed by atoms with Gasteiger partial charge in [0.2, 0.25) is 5.76 Å². The Hall–Kier alpha value is -1.77. The van der Waals surface area contributed by atoms with E-state index in [1.165, 1.54) is 0 Å². The van der Waals surface area contributed by atoms with Gasteiger partial charge in [0.15, 0.2) is 0 Å². The van der Waals surface area contributed by atoms with Crippen LogP contribution in [0.1, 0.15) is 50.7 Å². The third kappa shape index (κ3) is 6.48. The molecule has 1 N–H and O–H groups in total. The van der Waals surface area contributed by atoms with Crippen molar-refractivity contribution in [3.8, 4) is 0 Å². The third-order valence-corrected chi connectivity index (χ3v) is 3.60. The quantitative estimate of drug-likeness (QED) is 0.531. The Kier molecular flexibility index (Phi) is 7.59. The van der Waals surface area contributed by atoms with Crippen molar-refractivity contribution in [1.82, 2.24) is 0 Å². The molecule has 1 aromatic carbocycles. The smallest absolute Gasteiger partial charge is 0.371 e. The van der Waals surface area contributed by atoms with Crippen LogP contribution in [0.5, 0.6) is 0 Å². The summed E-state index contributed by atoms with van der Waals surface area (Å²) in [5.74, 6) is -0.569. The number of carbonyl (C=O) groups is 1. The van der Waals surface area contributed by atoms with Crippen LogP contribution in [0.2, 0.25) is 0 Å². The molecule has 0 bridgehead atoms. The van der Waals surface area contributed by atoms with Crippen molar-refractivity contribution >= 4 is 12.0 Å². The molecule has 0 saturated heterocycles. The minimum absolute atomic E-state index is 0.0220. The van der Waals surface area contributed by atoms with Crippen LogP contribution >= 0.6 is 0 Å². The summed E-state index contributed by atoms with van der Waals surface area (Å²) in [6.07, 6.45) is 6.00. The van der Waals surface area contributed by atoms with Crippen LogP contribution in [0.25, 0.3) is 6.08 Å². The molecular weight excluding hydrogens is 264 g/mol. The fourth-order valence-corrected chi connectivity index (χ4v) is 2.08. The molecule has 0 aliphatic rings. The summed E-state index contributed by atoms with van der Waals surface area (Å²) in [6, 6.07) is 7.72. The zero-order chi connectivity index (χ0) is 15.7. The summed E-state index contributed by atoms with van der Waals surface area (Å²) in [6.45, 7) is 6.75. The molecule has 0 saturated carbocycles. The van der Waals surface area contributed by atoms with E-state index >= 15 is 0 Å². The van der Waals surface area contributed by atoms with Crippen molar-refractivity contribution < 1.29 is 14.6 Å². The number of unbranched alkanes of at least 4 members (excludes halogenated alkanes) is 1. The number of ether oxygens (including phenoxy) is 1. The Morgan fingerprint density at radius 1 is 1.29 bits per heavy atom. The Labute approximate surface area is 127 Å². The lowest BCUT2D eigenvalue weighted by Crippen LogP contribution is -2.13. The van der Waals surface area contributed by atoms with E-state index in [4.69, 9.17) is 4.74 Å². The van der Waals surface area contributed by atoms with E-state index in [-0.39, 0.29) is 5.76 Å². The van der Waals surface area contributed by atoms with Crippen LogP contribution in [0, 0.1) is 12.8 Å². The molecule has 3 nitrogen and oxygen atoms in total. The highest BCUT2D eigenvalue weighted by Gasteiger charge is 2.13. The largest absolute Gasteiger partial charge is 0.486 e. The number of hydrogen-bond donors (Lipinski definition) is 1. The van der Waals surface area contributed by atoms with Crippen molar-refractivity contribution in [1.29, 1.82) is 0 Å². The van der Waals surface area contributed by atoms with Gasteiger partial charge in [-0.3, -0.25) is 0 Å². The molecule has 0 aromatic heterocycles. The van der Waals surface area contributed by atoms with Crippen LogP contribution < -0.4 is 0 Å². The molecular formula is C18H26O3. The van der Waals surface area contributed by atoms with Crippen LogP contribution in [0.15, 0.2) is 30.0 Å². The van der Waals surface area contributed by atoms with Gasteiger partial charge in [-0.2, -0.15) is 0 Å². The summed E-state index contributed by atoms with van der Waals surface area (Å²) in [5, 5.41) is 9.26. The molecule has 0 spiro atoms. The molecule has 0 aliphatic carbocycles. The highest BCUT2D eigenvalue weighted by atomic mass is 16.5. The van der Waals surface area contributed by atoms with Gasteiger partial charge in [-0.05, 0) is 30.9 Å². The fraction of sp³-hybridized carbons (Fsp3) is 0.500. The van der Waals surface area contributed by atoms with Crippen molar-refractivity contribution in [2.24, 2.45) is 5.92 Å². The SMILES string of the molecule is CCCCC(CC)COC(=Cc1ccc(C)cc1)C(=O)O. The topological polar surface area (TPSA) is 46.5 Å². The number of aliphatic carboxylic acids is 1. The number of aryl methyl sites for hydroxylation is 1. The third-order valence-electron chi connectivity index (χ3n) is 3.60. The first-order valence-electron chi connectivity index (χ1n) is 7.71. The average Bonchev–Trinajstić information content (AvgIpc) is 2.47. The molecule has 0 heterocycles. The van der Waals surface area contributed by atoms with Gasteiger partial charge in [-0.1, -0.05) is 62.9 Å². The predicted octanol–water partition coefficient (Wildman–Crippen LogP) is 4.65. The van der Waals surface area contributed by atoms with E-state index in [2.05, 4.69) is 13.8 Å². The van der Waals surface area contributed by atoms with E-state index in [1.807, 2.05) is 31.2 Å². The summed E-state index contributed by atoms with van der Waals surface area (Å²) in [5.41, 5.74) is 2.00. The first-order chi connectivity index (χ1) is 10.1. The maximum atomic E-state index is 11.3. The fourth-order valence-electron chi connectivity index (χ4n) is 2.08. The molecule has 0 amide bonds. The van der Waals surface area contributed by atoms with E-state index < -0.39 is 5.97 Å². The minimum Gasteiger partial charge on any atom is -0.486 e. The lowest BCUT2D eigenvalue weighted by atomic mass is 10.0. The number of rotatable bonds is 9. The van der Waals surface area contributed by atoms with Gasteiger partial charge in [0, 0.05) is 0 Å². The second-order valence-electron chi connectivity index (χ2n) is 5.45. The van der Waals surface area contributed by atoms with E-state index in [1.54, 1.807) is 6.08 Å². The highest BCUT2D eigenvalue weighted by molar-refractivity contribution is 5.89. The molecule has 0 aliphatic heterocycles. The number of benzene rings is 1. The molecule has 3 heteroatoms. The molecule has 0 radical (unpaired) electrons. The van der Waals surface area contributed by atoms with Crippen LogP contribution in [0.3, 0.4) is 0 Å². The van der Waals surface area contributed by atoms with Gasteiger partial charge >= 0.3 is 5.97 Å². The molecule has 1 aromatic rings. The second kappa shape index (κ2) is 9.22. The Morgan fingerprint density at radius 3 is 2.48 bits per heavy atom. The summed E-state index contributed by atoms with van der Waals surface area (Å²) in [4.78, 5) is 11.3. The molecule has 1 unspecified atom stereocenters. The molecule has 1 rings (SSSR count). The lowest BCUT2D eigenvalue weighted by molar-refractivity contribution is -0.136. The Bertz CT molecular complexity index is 460. The average molecular weight is 290 g/mol. The summed E-state index contributed by atoms with van der Waals surface area (Å²) < 4.78 is 5.55. The van der Waals surface area contributed by atoms with Gasteiger partial charge in [0.1, 0.15) is 0 Å². The predicted molar refractivity (Wildman–Crippen MR) is 86.0 cm³/mol. The zero-order valence-electron chi connectivity index (χ0n) is 13.3. The van der Waals surface area contributed by atoms with Crippen molar-refractivity contribution in [3.05, 3.63) is 41.2 Å². The van der Waals surface area contributed by atoms with Crippen LogP contribution in [-0.4, -0.2) is 17.7 Å². The highest BCUT2D eigenvalue weighted by Crippen LogP contribution is 2.16. The summed E-state index contributed by atoms with van der Waals surface area (Å²) >= 11 is 0. The standard InChI is InChI=1S/C18H26O3/c1-4-6-7-15(5-2)13-21-17(18(19)20)12-16-10-8-14(3)9-11-16/h8-12,15H,4-7,13H2,1-3H3,(H,19,20). The minimum atomic E-state index is -1.01. The zero-order valence-corrected chi connectivity index (χ0v) is 13.3.